The van der Waals surface area contributed by atoms with E-state index in [9.17, 15) is 4.79 Å². The first-order valence-electron chi connectivity index (χ1n) is 12.6. The lowest BCUT2D eigenvalue weighted by Crippen LogP contribution is -2.40. The lowest BCUT2D eigenvalue weighted by molar-refractivity contribution is -0.122. The number of hydrogen-bond donors (Lipinski definition) is 3. The summed E-state index contributed by atoms with van der Waals surface area (Å²) in [5.41, 5.74) is 7.95. The highest BCUT2D eigenvalue weighted by atomic mass is 16.1. The minimum atomic E-state index is 0.0904. The number of likely N-dealkylation sites (tertiary alicyclic amines) is 1. The molecule has 3 N–H and O–H groups in total. The minimum Gasteiger partial charge on any atom is -0.382 e. The maximum atomic E-state index is 11.7. The van der Waals surface area contributed by atoms with Crippen LogP contribution >= 0.6 is 0 Å². The molecule has 1 aliphatic rings. The van der Waals surface area contributed by atoms with E-state index in [4.69, 9.17) is 0 Å². The Morgan fingerprint density at radius 1 is 1.23 bits per heavy atom. The van der Waals surface area contributed by atoms with E-state index in [2.05, 4.69) is 81.8 Å². The van der Waals surface area contributed by atoms with Crippen LogP contribution in [-0.2, 0) is 4.79 Å². The molecule has 8 heteroatoms. The fraction of sp³-hybridized carbons (Fsp3) is 0.444. The number of benzene rings is 1. The van der Waals surface area contributed by atoms with Crippen molar-refractivity contribution in [3.05, 3.63) is 47.9 Å². The van der Waals surface area contributed by atoms with E-state index in [-0.39, 0.29) is 5.91 Å². The van der Waals surface area contributed by atoms with Crippen LogP contribution in [0.5, 0.6) is 0 Å². The molecule has 0 unspecified atom stereocenters. The van der Waals surface area contributed by atoms with Gasteiger partial charge in [0.2, 0.25) is 5.91 Å². The molecule has 0 atom stereocenters. The number of fused-ring (bicyclic) bond motifs is 2. The van der Waals surface area contributed by atoms with Crippen molar-refractivity contribution in [2.24, 2.45) is 0 Å². The van der Waals surface area contributed by atoms with Crippen molar-refractivity contribution in [2.75, 3.05) is 38.5 Å². The monoisotopic (exact) mass is 473 g/mol. The number of H-pyrrole nitrogens is 1. The molecule has 1 saturated heterocycles. The maximum Gasteiger partial charge on any atom is 0.233 e. The minimum absolute atomic E-state index is 0.0904. The van der Waals surface area contributed by atoms with E-state index < -0.39 is 0 Å². The molecule has 0 bridgehead atoms. The molecule has 4 aromatic rings. The van der Waals surface area contributed by atoms with Gasteiger partial charge in [-0.2, -0.15) is 5.10 Å². The van der Waals surface area contributed by atoms with Gasteiger partial charge in [-0.3, -0.25) is 9.69 Å². The summed E-state index contributed by atoms with van der Waals surface area (Å²) in [5, 5.41) is 11.9. The molecular formula is C27H35N7O. The van der Waals surface area contributed by atoms with Gasteiger partial charge >= 0.3 is 0 Å². The third-order valence-corrected chi connectivity index (χ3v) is 7.18. The zero-order chi connectivity index (χ0) is 24.5. The Hall–Kier alpha value is -3.39. The van der Waals surface area contributed by atoms with Gasteiger partial charge in [0.15, 0.2) is 5.65 Å². The van der Waals surface area contributed by atoms with Crippen LogP contribution in [0.15, 0.2) is 36.8 Å². The second kappa shape index (κ2) is 9.70. The van der Waals surface area contributed by atoms with Crippen molar-refractivity contribution in [3.8, 4) is 11.3 Å². The molecule has 0 aliphatic carbocycles. The Labute approximate surface area is 206 Å². The van der Waals surface area contributed by atoms with Gasteiger partial charge in [0.1, 0.15) is 6.33 Å². The highest BCUT2D eigenvalue weighted by Gasteiger charge is 2.24. The SMILES string of the molecule is CCNc1cc(-c2[nH]c3ccc(C4CCN(CC(=O)NC)CC4)cc3c2C(C)C)cn2ncnc12. The van der Waals surface area contributed by atoms with Gasteiger partial charge in [0, 0.05) is 36.3 Å². The van der Waals surface area contributed by atoms with Crippen LogP contribution in [0.2, 0.25) is 0 Å². The molecule has 4 heterocycles. The number of rotatable bonds is 7. The molecule has 8 nitrogen and oxygen atoms in total. The van der Waals surface area contributed by atoms with E-state index >= 15 is 0 Å². The molecule has 1 aromatic carbocycles. The van der Waals surface area contributed by atoms with Crippen molar-refractivity contribution in [2.45, 2.75) is 45.4 Å². The number of pyridine rings is 1. The highest BCUT2D eigenvalue weighted by Crippen LogP contribution is 2.39. The van der Waals surface area contributed by atoms with Crippen molar-refractivity contribution in [1.29, 1.82) is 0 Å². The number of anilines is 1. The summed E-state index contributed by atoms with van der Waals surface area (Å²) in [4.78, 5) is 22.1. The van der Waals surface area contributed by atoms with Crippen LogP contribution in [0.25, 0.3) is 27.8 Å². The Kier molecular flexibility index (Phi) is 6.47. The molecule has 5 rings (SSSR count). The van der Waals surface area contributed by atoms with Crippen LogP contribution < -0.4 is 10.6 Å². The van der Waals surface area contributed by atoms with E-state index in [1.807, 2.05) is 4.52 Å². The molecule has 184 valence electrons. The fourth-order valence-electron chi connectivity index (χ4n) is 5.40. The second-order valence-electron chi connectivity index (χ2n) is 9.80. The topological polar surface area (TPSA) is 90.4 Å². The summed E-state index contributed by atoms with van der Waals surface area (Å²) >= 11 is 0. The predicted molar refractivity (Wildman–Crippen MR) is 141 cm³/mol. The number of hydrogen-bond acceptors (Lipinski definition) is 5. The maximum absolute atomic E-state index is 11.7. The first-order chi connectivity index (χ1) is 17.0. The molecule has 3 aromatic heterocycles. The summed E-state index contributed by atoms with van der Waals surface area (Å²) in [7, 11) is 1.70. The van der Waals surface area contributed by atoms with Crippen molar-refractivity contribution >= 4 is 28.1 Å². The zero-order valence-corrected chi connectivity index (χ0v) is 21.1. The number of amides is 1. The van der Waals surface area contributed by atoms with E-state index in [1.165, 1.54) is 16.5 Å². The van der Waals surface area contributed by atoms with Gasteiger partial charge in [0.25, 0.3) is 0 Å². The molecule has 1 aliphatic heterocycles. The standard InChI is InChI=1S/C27H35N7O/c1-5-29-23-13-20(14-34-27(23)30-16-31-34)26-25(17(2)3)21-12-19(6-7-22(21)32-26)18-8-10-33(11-9-18)15-24(35)28-4/h6-7,12-14,16-18,29,32H,5,8-11,15H2,1-4H3,(H,28,35). The van der Waals surface area contributed by atoms with Crippen molar-refractivity contribution < 1.29 is 4.79 Å². The number of aromatic nitrogens is 4. The quantitative estimate of drug-likeness (QED) is 0.371. The molecule has 35 heavy (non-hydrogen) atoms. The number of carbonyl (C=O) groups excluding carboxylic acids is 1. The van der Waals surface area contributed by atoms with Gasteiger partial charge in [0.05, 0.1) is 17.9 Å². The van der Waals surface area contributed by atoms with E-state index in [0.29, 0.717) is 18.4 Å². The lowest BCUT2D eigenvalue weighted by atomic mass is 9.87. The van der Waals surface area contributed by atoms with Crippen LogP contribution in [-0.4, -0.2) is 63.6 Å². The summed E-state index contributed by atoms with van der Waals surface area (Å²) in [6, 6.07) is 9.07. The van der Waals surface area contributed by atoms with Crippen LogP contribution in [0, 0.1) is 0 Å². The number of nitrogens with zero attached hydrogens (tertiary/aromatic N) is 4. The van der Waals surface area contributed by atoms with Gasteiger partial charge in [-0.1, -0.05) is 19.9 Å². The first kappa shape index (κ1) is 23.4. The Morgan fingerprint density at radius 3 is 2.74 bits per heavy atom. The largest absolute Gasteiger partial charge is 0.382 e. The van der Waals surface area contributed by atoms with Crippen molar-refractivity contribution in [3.63, 3.8) is 0 Å². The molecule has 1 amide bonds. The van der Waals surface area contributed by atoms with Gasteiger partial charge in [-0.25, -0.2) is 9.50 Å². The smallest absolute Gasteiger partial charge is 0.233 e. The van der Waals surface area contributed by atoms with E-state index in [1.54, 1.807) is 13.4 Å². The summed E-state index contributed by atoms with van der Waals surface area (Å²) in [6.07, 6.45) is 5.81. The highest BCUT2D eigenvalue weighted by molar-refractivity contribution is 5.92. The second-order valence-corrected chi connectivity index (χ2v) is 9.80. The third kappa shape index (κ3) is 4.50. The molecule has 0 saturated carbocycles. The summed E-state index contributed by atoms with van der Waals surface area (Å²) < 4.78 is 1.85. The van der Waals surface area contributed by atoms with Crippen LogP contribution in [0.1, 0.15) is 56.6 Å². The van der Waals surface area contributed by atoms with Gasteiger partial charge in [-0.05, 0) is 74.0 Å². The van der Waals surface area contributed by atoms with Crippen LogP contribution in [0.3, 0.4) is 0 Å². The Bertz CT molecular complexity index is 1340. The molecule has 0 radical (unpaired) electrons. The Balaban J connectivity index is 1.49. The Morgan fingerprint density at radius 2 is 2.03 bits per heavy atom. The third-order valence-electron chi connectivity index (χ3n) is 7.18. The molecule has 1 fully saturated rings. The summed E-state index contributed by atoms with van der Waals surface area (Å²) in [5.74, 6) is 0.968. The molecular weight excluding hydrogens is 438 g/mol. The fourth-order valence-corrected chi connectivity index (χ4v) is 5.40. The number of nitrogens with one attached hydrogen (secondary N) is 3. The van der Waals surface area contributed by atoms with Crippen molar-refractivity contribution in [1.82, 2.24) is 29.8 Å². The number of piperidine rings is 1. The lowest BCUT2D eigenvalue weighted by Gasteiger charge is -2.31. The van der Waals surface area contributed by atoms with Gasteiger partial charge in [-0.15, -0.1) is 0 Å². The number of likely N-dealkylation sites (N-methyl/N-ethyl adjacent to an activating group) is 1. The molecule has 0 spiro atoms. The predicted octanol–water partition coefficient (Wildman–Crippen LogP) is 4.36. The zero-order valence-electron chi connectivity index (χ0n) is 21.1. The number of carbonyl (C=O) groups is 1. The van der Waals surface area contributed by atoms with Gasteiger partial charge < -0.3 is 15.6 Å². The number of aromatic amines is 1. The first-order valence-corrected chi connectivity index (χ1v) is 12.6. The summed E-state index contributed by atoms with van der Waals surface area (Å²) in [6.45, 7) is 9.83. The van der Waals surface area contributed by atoms with E-state index in [0.717, 1.165) is 60.6 Å². The normalized spacial score (nSPS) is 15.3. The average Bonchev–Trinajstić information content (AvgIpc) is 3.49. The van der Waals surface area contributed by atoms with Crippen LogP contribution in [0.4, 0.5) is 5.69 Å². The average molecular weight is 474 g/mol.